The summed E-state index contributed by atoms with van der Waals surface area (Å²) in [7, 11) is 0. The largest absolute Gasteiger partial charge is 0.478 e. The lowest BCUT2D eigenvalue weighted by Crippen LogP contribution is -1.98. The summed E-state index contributed by atoms with van der Waals surface area (Å²) >= 11 is 1.73. The van der Waals surface area contributed by atoms with E-state index in [0.29, 0.717) is 6.42 Å². The third-order valence-electron chi connectivity index (χ3n) is 1.47. The van der Waals surface area contributed by atoms with E-state index in [9.17, 15) is 4.79 Å². The highest BCUT2D eigenvalue weighted by molar-refractivity contribution is 8.03. The molecule has 3 heteroatoms. The van der Waals surface area contributed by atoms with Crippen LogP contribution in [0.1, 0.15) is 12.8 Å². The third-order valence-corrected chi connectivity index (χ3v) is 2.59. The highest BCUT2D eigenvalue weighted by Crippen LogP contribution is 2.29. The molecule has 0 aliphatic carbocycles. The SMILES string of the molecule is C=C(CC1=CCCS1)C(=O)O. The Bertz CT molecular complexity index is 218. The van der Waals surface area contributed by atoms with Gasteiger partial charge in [0.1, 0.15) is 0 Å². The second-order valence-electron chi connectivity index (χ2n) is 2.39. The minimum Gasteiger partial charge on any atom is -0.478 e. The van der Waals surface area contributed by atoms with Gasteiger partial charge in [-0.25, -0.2) is 4.79 Å². The van der Waals surface area contributed by atoms with E-state index in [1.807, 2.05) is 0 Å². The van der Waals surface area contributed by atoms with Gasteiger partial charge < -0.3 is 5.11 Å². The first-order valence-electron chi connectivity index (χ1n) is 3.43. The molecular formula is C8H10O2S. The maximum absolute atomic E-state index is 10.4. The number of rotatable bonds is 3. The Morgan fingerprint density at radius 3 is 3.00 bits per heavy atom. The Hall–Kier alpha value is -0.700. The van der Waals surface area contributed by atoms with E-state index < -0.39 is 5.97 Å². The van der Waals surface area contributed by atoms with Crippen LogP contribution in [0.15, 0.2) is 23.1 Å². The molecule has 0 fully saturated rings. The predicted octanol–water partition coefficient (Wildman–Crippen LogP) is 2.04. The van der Waals surface area contributed by atoms with Gasteiger partial charge in [-0.1, -0.05) is 12.7 Å². The van der Waals surface area contributed by atoms with Gasteiger partial charge >= 0.3 is 5.97 Å². The summed E-state index contributed by atoms with van der Waals surface area (Å²) in [6.45, 7) is 3.46. The van der Waals surface area contributed by atoms with Crippen molar-refractivity contribution in [2.75, 3.05) is 5.75 Å². The van der Waals surface area contributed by atoms with Crippen LogP contribution in [0.5, 0.6) is 0 Å². The molecule has 0 radical (unpaired) electrons. The summed E-state index contributed by atoms with van der Waals surface area (Å²) in [6, 6.07) is 0. The highest BCUT2D eigenvalue weighted by Gasteiger charge is 2.10. The van der Waals surface area contributed by atoms with Gasteiger partial charge in [-0.2, -0.15) is 0 Å². The number of hydrogen-bond donors (Lipinski definition) is 1. The van der Waals surface area contributed by atoms with Crippen molar-refractivity contribution < 1.29 is 9.90 Å². The normalized spacial score (nSPS) is 16.2. The average molecular weight is 170 g/mol. The van der Waals surface area contributed by atoms with Crippen LogP contribution in [0, 0.1) is 0 Å². The first-order valence-corrected chi connectivity index (χ1v) is 4.41. The molecule has 1 aliphatic heterocycles. The zero-order chi connectivity index (χ0) is 8.27. The van der Waals surface area contributed by atoms with E-state index in [4.69, 9.17) is 5.11 Å². The number of carboxylic acids is 1. The van der Waals surface area contributed by atoms with Crippen molar-refractivity contribution in [2.45, 2.75) is 12.8 Å². The molecule has 0 aromatic heterocycles. The van der Waals surface area contributed by atoms with Crippen LogP contribution in [0.2, 0.25) is 0 Å². The fourth-order valence-corrected chi connectivity index (χ4v) is 1.89. The molecule has 0 saturated carbocycles. The van der Waals surface area contributed by atoms with Crippen molar-refractivity contribution >= 4 is 17.7 Å². The lowest BCUT2D eigenvalue weighted by molar-refractivity contribution is -0.132. The van der Waals surface area contributed by atoms with Crippen molar-refractivity contribution in [3.63, 3.8) is 0 Å². The molecule has 60 valence electrons. The number of thioether (sulfide) groups is 1. The van der Waals surface area contributed by atoms with Crippen molar-refractivity contribution in [3.05, 3.63) is 23.1 Å². The molecule has 0 saturated heterocycles. The highest BCUT2D eigenvalue weighted by atomic mass is 32.2. The van der Waals surface area contributed by atoms with Gasteiger partial charge in [-0.3, -0.25) is 0 Å². The lowest BCUT2D eigenvalue weighted by atomic mass is 10.2. The topological polar surface area (TPSA) is 37.3 Å². The number of carbonyl (C=O) groups is 1. The third kappa shape index (κ3) is 2.42. The van der Waals surface area contributed by atoms with Crippen molar-refractivity contribution in [1.82, 2.24) is 0 Å². The molecule has 0 amide bonds. The summed E-state index contributed by atoms with van der Waals surface area (Å²) < 4.78 is 0. The zero-order valence-corrected chi connectivity index (χ0v) is 6.99. The van der Waals surface area contributed by atoms with Gasteiger partial charge in [-0.15, -0.1) is 11.8 Å². The molecule has 0 aromatic rings. The number of aliphatic carboxylic acids is 1. The molecular weight excluding hydrogens is 160 g/mol. The van der Waals surface area contributed by atoms with Gasteiger partial charge in [0.25, 0.3) is 0 Å². The van der Waals surface area contributed by atoms with Crippen molar-refractivity contribution in [1.29, 1.82) is 0 Å². The van der Waals surface area contributed by atoms with Gasteiger partial charge in [-0.05, 0) is 11.3 Å². The van der Waals surface area contributed by atoms with Crippen LogP contribution in [-0.2, 0) is 4.79 Å². The van der Waals surface area contributed by atoms with E-state index in [0.717, 1.165) is 17.1 Å². The number of hydrogen-bond acceptors (Lipinski definition) is 2. The Balaban J connectivity index is 2.42. The average Bonchev–Trinajstić information content (AvgIpc) is 2.39. The Labute approximate surface area is 70.0 Å². The molecule has 1 rings (SSSR count). The van der Waals surface area contributed by atoms with Crippen LogP contribution in [0.25, 0.3) is 0 Å². The Morgan fingerprint density at radius 1 is 1.82 bits per heavy atom. The molecule has 0 spiro atoms. The summed E-state index contributed by atoms with van der Waals surface area (Å²) in [5.41, 5.74) is 0.283. The van der Waals surface area contributed by atoms with E-state index in [1.54, 1.807) is 11.8 Å². The molecule has 0 atom stereocenters. The first-order chi connectivity index (χ1) is 5.20. The smallest absolute Gasteiger partial charge is 0.331 e. The quantitative estimate of drug-likeness (QED) is 0.658. The van der Waals surface area contributed by atoms with Crippen LogP contribution in [0.4, 0.5) is 0 Å². The number of allylic oxidation sites excluding steroid dienone is 2. The molecule has 1 N–H and O–H groups in total. The van der Waals surface area contributed by atoms with E-state index in [2.05, 4.69) is 12.7 Å². The maximum Gasteiger partial charge on any atom is 0.331 e. The monoisotopic (exact) mass is 170 g/mol. The second kappa shape index (κ2) is 3.62. The zero-order valence-electron chi connectivity index (χ0n) is 6.17. The van der Waals surface area contributed by atoms with E-state index in [1.165, 1.54) is 0 Å². The molecule has 0 unspecified atom stereocenters. The fraction of sp³-hybridized carbons (Fsp3) is 0.375. The van der Waals surface area contributed by atoms with E-state index >= 15 is 0 Å². The van der Waals surface area contributed by atoms with Gasteiger partial charge in [0.15, 0.2) is 0 Å². The summed E-state index contributed by atoms with van der Waals surface area (Å²) in [4.78, 5) is 11.5. The van der Waals surface area contributed by atoms with Crippen LogP contribution >= 0.6 is 11.8 Å². The molecule has 2 nitrogen and oxygen atoms in total. The minimum atomic E-state index is -0.890. The van der Waals surface area contributed by atoms with E-state index in [-0.39, 0.29) is 5.57 Å². The summed E-state index contributed by atoms with van der Waals surface area (Å²) in [5.74, 6) is 0.195. The summed E-state index contributed by atoms with van der Waals surface area (Å²) in [5, 5.41) is 8.51. The Kier molecular flexibility index (Phi) is 2.76. The molecule has 1 aliphatic rings. The van der Waals surface area contributed by atoms with Gasteiger partial charge in [0.2, 0.25) is 0 Å². The molecule has 1 heterocycles. The molecule has 0 aromatic carbocycles. The standard InChI is InChI=1S/C8H10O2S/c1-6(8(9)10)5-7-3-2-4-11-7/h3H,1-2,4-5H2,(H,9,10). The minimum absolute atomic E-state index is 0.283. The lowest BCUT2D eigenvalue weighted by Gasteiger charge is -1.99. The maximum atomic E-state index is 10.4. The van der Waals surface area contributed by atoms with Crippen LogP contribution in [0.3, 0.4) is 0 Å². The molecule has 0 bridgehead atoms. The summed E-state index contributed by atoms with van der Waals surface area (Å²) in [6.07, 6.45) is 3.66. The number of carboxylic acid groups (broad SMARTS) is 1. The van der Waals surface area contributed by atoms with Gasteiger partial charge in [0, 0.05) is 17.7 Å². The molecule has 11 heavy (non-hydrogen) atoms. The van der Waals surface area contributed by atoms with Crippen molar-refractivity contribution in [2.24, 2.45) is 0 Å². The van der Waals surface area contributed by atoms with Crippen LogP contribution in [-0.4, -0.2) is 16.8 Å². The van der Waals surface area contributed by atoms with Gasteiger partial charge in [0.05, 0.1) is 0 Å². The first kappa shape index (κ1) is 8.40. The Morgan fingerprint density at radius 2 is 2.55 bits per heavy atom. The fourth-order valence-electron chi connectivity index (χ4n) is 0.878. The van der Waals surface area contributed by atoms with Crippen molar-refractivity contribution in [3.8, 4) is 0 Å². The second-order valence-corrected chi connectivity index (χ2v) is 3.61. The van der Waals surface area contributed by atoms with Crippen LogP contribution < -0.4 is 0 Å². The predicted molar refractivity (Wildman–Crippen MR) is 46.6 cm³/mol.